The van der Waals surface area contributed by atoms with E-state index in [4.69, 9.17) is 0 Å². The zero-order valence-corrected chi connectivity index (χ0v) is 13.7. The third kappa shape index (κ3) is 3.36. The molecule has 5 heteroatoms. The van der Waals surface area contributed by atoms with Gasteiger partial charge in [-0.3, -0.25) is 4.57 Å². The first-order valence-corrected chi connectivity index (χ1v) is 8.79. The molecule has 3 aromatic rings. The number of rotatable bonds is 5. The van der Waals surface area contributed by atoms with Gasteiger partial charge in [0.05, 0.1) is 10.7 Å². The molecular formula is C16H17N3S2. The molecule has 108 valence electrons. The maximum absolute atomic E-state index is 4.61. The van der Waals surface area contributed by atoms with Crippen LogP contribution in [-0.4, -0.2) is 14.5 Å². The Balaban J connectivity index is 1.76. The minimum Gasteiger partial charge on any atom is -0.295 e. The molecule has 2 aromatic heterocycles. The molecule has 1 aromatic carbocycles. The minimum absolute atomic E-state index is 0.860. The molecule has 0 aliphatic heterocycles. The van der Waals surface area contributed by atoms with Gasteiger partial charge in [-0.1, -0.05) is 30.8 Å². The molecule has 21 heavy (non-hydrogen) atoms. The van der Waals surface area contributed by atoms with Crippen LogP contribution in [-0.2, 0) is 12.2 Å². The highest BCUT2D eigenvalue weighted by Gasteiger charge is 2.08. The first-order valence-electron chi connectivity index (χ1n) is 6.92. The Kier molecular flexibility index (Phi) is 4.41. The fourth-order valence-electron chi connectivity index (χ4n) is 2.09. The largest absolute Gasteiger partial charge is 0.295 e. The number of aryl methyl sites for hydroxylation is 2. The average molecular weight is 315 g/mol. The zero-order valence-electron chi connectivity index (χ0n) is 12.1. The predicted octanol–water partition coefficient (Wildman–Crippen LogP) is 4.49. The van der Waals surface area contributed by atoms with Crippen LogP contribution in [0.1, 0.15) is 23.2 Å². The third-order valence-corrected chi connectivity index (χ3v) is 5.18. The van der Waals surface area contributed by atoms with Crippen molar-refractivity contribution < 1.29 is 0 Å². The van der Waals surface area contributed by atoms with Gasteiger partial charge in [0.2, 0.25) is 0 Å². The fraction of sp³-hybridized carbons (Fsp3) is 0.250. The third-order valence-electron chi connectivity index (χ3n) is 3.14. The molecule has 0 fully saturated rings. The Morgan fingerprint density at radius 1 is 1.33 bits per heavy atom. The van der Waals surface area contributed by atoms with Crippen LogP contribution in [0.3, 0.4) is 0 Å². The summed E-state index contributed by atoms with van der Waals surface area (Å²) in [5, 5.41) is 4.35. The maximum atomic E-state index is 4.61. The van der Waals surface area contributed by atoms with Crippen LogP contribution in [0.25, 0.3) is 5.69 Å². The van der Waals surface area contributed by atoms with Crippen molar-refractivity contribution in [3.63, 3.8) is 0 Å². The van der Waals surface area contributed by atoms with E-state index in [9.17, 15) is 0 Å². The molecule has 0 bridgehead atoms. The van der Waals surface area contributed by atoms with Gasteiger partial charge < -0.3 is 0 Å². The van der Waals surface area contributed by atoms with E-state index in [1.54, 1.807) is 23.1 Å². The lowest BCUT2D eigenvalue weighted by Gasteiger charge is -2.07. The summed E-state index contributed by atoms with van der Waals surface area (Å²) in [5.74, 6) is 0.860. The number of aromatic nitrogens is 3. The van der Waals surface area contributed by atoms with Gasteiger partial charge >= 0.3 is 0 Å². The van der Waals surface area contributed by atoms with Gasteiger partial charge in [-0.2, -0.15) is 0 Å². The molecule has 3 rings (SSSR count). The Hall–Kier alpha value is -1.59. The molecule has 0 atom stereocenters. The standard InChI is InChI=1S/C16H17N3S2/c1-3-15-18-13(10-20-15)11-21-16-17-7-8-19(16)14-6-4-5-12(2)9-14/h4-10H,3,11H2,1-2H3. The monoisotopic (exact) mass is 315 g/mol. The molecule has 0 aliphatic carbocycles. The number of hydrogen-bond acceptors (Lipinski definition) is 4. The minimum atomic E-state index is 0.860. The number of imidazole rings is 1. The van der Waals surface area contributed by atoms with Crippen molar-refractivity contribution in [2.45, 2.75) is 31.2 Å². The van der Waals surface area contributed by atoms with Gasteiger partial charge in [-0.05, 0) is 31.0 Å². The quantitative estimate of drug-likeness (QED) is 0.650. The van der Waals surface area contributed by atoms with Crippen LogP contribution in [0.15, 0.2) is 47.2 Å². The second-order valence-corrected chi connectivity index (χ2v) is 6.68. The number of hydrogen-bond donors (Lipinski definition) is 0. The number of benzene rings is 1. The molecular weight excluding hydrogens is 298 g/mol. The van der Waals surface area contributed by atoms with Crippen LogP contribution in [0, 0.1) is 6.92 Å². The Bertz CT molecular complexity index is 730. The second kappa shape index (κ2) is 6.45. The van der Waals surface area contributed by atoms with Gasteiger partial charge in [0.1, 0.15) is 0 Å². The fourth-order valence-corrected chi connectivity index (χ4v) is 3.80. The van der Waals surface area contributed by atoms with E-state index in [2.05, 4.69) is 58.0 Å². The Morgan fingerprint density at radius 3 is 3.00 bits per heavy atom. The van der Waals surface area contributed by atoms with Crippen molar-refractivity contribution >= 4 is 23.1 Å². The molecule has 0 radical (unpaired) electrons. The molecule has 0 saturated carbocycles. The molecule has 0 amide bonds. The summed E-state index contributed by atoms with van der Waals surface area (Å²) in [4.78, 5) is 9.07. The van der Waals surface area contributed by atoms with E-state index >= 15 is 0 Å². The highest BCUT2D eigenvalue weighted by Crippen LogP contribution is 2.25. The van der Waals surface area contributed by atoms with Gasteiger partial charge in [0, 0.05) is 29.2 Å². The molecule has 0 aliphatic rings. The lowest BCUT2D eigenvalue weighted by Crippen LogP contribution is -1.95. The summed E-state index contributed by atoms with van der Waals surface area (Å²) in [6.07, 6.45) is 4.87. The van der Waals surface area contributed by atoms with Crippen molar-refractivity contribution in [2.75, 3.05) is 0 Å². The second-order valence-electron chi connectivity index (χ2n) is 4.79. The van der Waals surface area contributed by atoms with E-state index in [-0.39, 0.29) is 0 Å². The number of nitrogens with zero attached hydrogens (tertiary/aromatic N) is 3. The van der Waals surface area contributed by atoms with Crippen molar-refractivity contribution in [3.8, 4) is 5.69 Å². The van der Waals surface area contributed by atoms with E-state index in [1.807, 2.05) is 12.4 Å². The highest BCUT2D eigenvalue weighted by atomic mass is 32.2. The van der Waals surface area contributed by atoms with Crippen LogP contribution in [0.5, 0.6) is 0 Å². The van der Waals surface area contributed by atoms with Crippen molar-refractivity contribution in [1.29, 1.82) is 0 Å². The van der Waals surface area contributed by atoms with E-state index in [0.717, 1.165) is 28.7 Å². The topological polar surface area (TPSA) is 30.7 Å². The molecule has 3 nitrogen and oxygen atoms in total. The Morgan fingerprint density at radius 2 is 2.24 bits per heavy atom. The van der Waals surface area contributed by atoms with Crippen LogP contribution in [0.4, 0.5) is 0 Å². The van der Waals surface area contributed by atoms with Gasteiger partial charge in [-0.25, -0.2) is 9.97 Å². The summed E-state index contributed by atoms with van der Waals surface area (Å²) < 4.78 is 2.13. The van der Waals surface area contributed by atoms with E-state index in [1.165, 1.54) is 10.6 Å². The summed E-state index contributed by atoms with van der Waals surface area (Å²) in [6.45, 7) is 4.25. The lowest BCUT2D eigenvalue weighted by atomic mass is 10.2. The first-order chi connectivity index (χ1) is 10.3. The molecule has 0 N–H and O–H groups in total. The zero-order chi connectivity index (χ0) is 14.7. The summed E-state index contributed by atoms with van der Waals surface area (Å²) in [5.41, 5.74) is 3.55. The summed E-state index contributed by atoms with van der Waals surface area (Å²) >= 11 is 3.46. The van der Waals surface area contributed by atoms with E-state index in [0.29, 0.717) is 0 Å². The normalized spacial score (nSPS) is 11.0. The smallest absolute Gasteiger partial charge is 0.172 e. The predicted molar refractivity (Wildman–Crippen MR) is 89.4 cm³/mol. The van der Waals surface area contributed by atoms with E-state index < -0.39 is 0 Å². The highest BCUT2D eigenvalue weighted by molar-refractivity contribution is 7.98. The Labute approximate surface area is 133 Å². The van der Waals surface area contributed by atoms with Crippen molar-refractivity contribution in [3.05, 3.63) is 58.3 Å². The van der Waals surface area contributed by atoms with Gasteiger partial charge in [0.15, 0.2) is 5.16 Å². The summed E-state index contributed by atoms with van der Waals surface area (Å²) in [6, 6.07) is 8.46. The van der Waals surface area contributed by atoms with Crippen molar-refractivity contribution in [1.82, 2.24) is 14.5 Å². The first kappa shape index (κ1) is 14.4. The van der Waals surface area contributed by atoms with Crippen LogP contribution in [0.2, 0.25) is 0 Å². The molecule has 0 saturated heterocycles. The van der Waals surface area contributed by atoms with Crippen molar-refractivity contribution in [2.24, 2.45) is 0 Å². The van der Waals surface area contributed by atoms with Crippen LogP contribution >= 0.6 is 23.1 Å². The SMILES string of the molecule is CCc1nc(CSc2nccn2-c2cccc(C)c2)cs1. The molecule has 2 heterocycles. The number of thiazole rings is 1. The van der Waals surface area contributed by atoms with Gasteiger partial charge in [0.25, 0.3) is 0 Å². The number of thioether (sulfide) groups is 1. The van der Waals surface area contributed by atoms with Gasteiger partial charge in [-0.15, -0.1) is 11.3 Å². The summed E-state index contributed by atoms with van der Waals surface area (Å²) in [7, 11) is 0. The molecule has 0 unspecified atom stereocenters. The average Bonchev–Trinajstić information content (AvgIpc) is 3.14. The van der Waals surface area contributed by atoms with Crippen LogP contribution < -0.4 is 0 Å². The lowest BCUT2D eigenvalue weighted by molar-refractivity contribution is 0.893. The molecule has 0 spiro atoms. The maximum Gasteiger partial charge on any atom is 0.172 e.